The van der Waals surface area contributed by atoms with Gasteiger partial charge in [0, 0.05) is 6.54 Å². The third-order valence-corrected chi connectivity index (χ3v) is 5.90. The second-order valence-electron chi connectivity index (χ2n) is 8.59. The van der Waals surface area contributed by atoms with Crippen LogP contribution in [-0.2, 0) is 23.9 Å². The molecule has 0 aliphatic carbocycles. The van der Waals surface area contributed by atoms with E-state index in [1.54, 1.807) is 0 Å². The number of hydrogen-bond acceptors (Lipinski definition) is 11. The molecule has 1 rings (SSSR count). The van der Waals surface area contributed by atoms with Crippen molar-refractivity contribution < 1.29 is 54.6 Å². The minimum absolute atomic E-state index is 0.113. The van der Waals surface area contributed by atoms with Crippen LogP contribution in [0.2, 0.25) is 0 Å². The summed E-state index contributed by atoms with van der Waals surface area (Å²) < 4.78 is 5.03. The molecule has 36 heavy (non-hydrogen) atoms. The van der Waals surface area contributed by atoms with Crippen molar-refractivity contribution in [1.29, 1.82) is 0 Å². The number of carboxylic acids is 1. The Bertz CT molecular complexity index is 774. The summed E-state index contributed by atoms with van der Waals surface area (Å²) in [6.45, 7) is 2.01. The molecule has 8 unspecified atom stereocenters. The minimum Gasteiger partial charge on any atom is -0.480 e. The van der Waals surface area contributed by atoms with Gasteiger partial charge in [-0.3, -0.25) is 19.2 Å². The van der Waals surface area contributed by atoms with E-state index in [0.29, 0.717) is 12.8 Å². The van der Waals surface area contributed by atoms with Crippen LogP contribution in [0.5, 0.6) is 0 Å². The number of rotatable bonds is 14. The van der Waals surface area contributed by atoms with Gasteiger partial charge in [-0.05, 0) is 44.9 Å². The minimum atomic E-state index is -2.52. The maximum atomic E-state index is 12.3. The van der Waals surface area contributed by atoms with Gasteiger partial charge >= 0.3 is 5.97 Å². The van der Waals surface area contributed by atoms with Gasteiger partial charge in [0.05, 0.1) is 13.0 Å². The summed E-state index contributed by atoms with van der Waals surface area (Å²) in [6.07, 6.45) is -6.66. The zero-order chi connectivity index (χ0) is 27.6. The molecule has 1 aliphatic rings. The molecule has 208 valence electrons. The van der Waals surface area contributed by atoms with Gasteiger partial charge < -0.3 is 51.3 Å². The molecular formula is C20H35ClN4O11. The average molecular weight is 543 g/mol. The molecule has 0 radical (unpaired) electrons. The zero-order valence-electron chi connectivity index (χ0n) is 19.9. The number of aliphatic hydroxyl groups is 5. The third kappa shape index (κ3) is 9.08. The van der Waals surface area contributed by atoms with Crippen LogP contribution >= 0.6 is 11.8 Å². The van der Waals surface area contributed by atoms with Crippen molar-refractivity contribution in [2.45, 2.75) is 87.9 Å². The van der Waals surface area contributed by atoms with Gasteiger partial charge in [-0.1, -0.05) is 0 Å². The summed E-state index contributed by atoms with van der Waals surface area (Å²) in [5, 5.41) is 65.1. The van der Waals surface area contributed by atoms with Gasteiger partial charge in [0.15, 0.2) is 0 Å². The van der Waals surface area contributed by atoms with Crippen LogP contribution in [0.1, 0.15) is 39.5 Å². The maximum Gasteiger partial charge on any atom is 0.325 e. The molecule has 8 atom stereocenters. The molecule has 1 heterocycles. The first-order chi connectivity index (χ1) is 16.8. The fraction of sp³-hybridized carbons (Fsp3) is 0.800. The molecule has 1 saturated heterocycles. The van der Waals surface area contributed by atoms with Crippen molar-refractivity contribution in [2.24, 2.45) is 0 Å². The molecule has 1 aliphatic heterocycles. The first kappa shape index (κ1) is 31.9. The second-order valence-corrected chi connectivity index (χ2v) is 8.81. The summed E-state index contributed by atoms with van der Waals surface area (Å²) in [4.78, 5) is 49.6. The number of halogens is 1. The monoisotopic (exact) mass is 542 g/mol. The van der Waals surface area contributed by atoms with Crippen molar-refractivity contribution in [1.82, 2.24) is 20.8 Å². The number of carboxylic acid groups (broad SMARTS) is 1. The number of carbonyl (C=O) groups excluding carboxylic acids is 3. The molecule has 16 heteroatoms. The van der Waals surface area contributed by atoms with E-state index in [1.807, 2.05) is 0 Å². The van der Waals surface area contributed by atoms with Crippen LogP contribution in [0.15, 0.2) is 0 Å². The van der Waals surface area contributed by atoms with E-state index in [4.69, 9.17) is 21.6 Å². The lowest BCUT2D eigenvalue weighted by Gasteiger charge is -2.45. The van der Waals surface area contributed by atoms with Gasteiger partial charge in [0.2, 0.25) is 23.5 Å². The molecular weight excluding hydrogens is 508 g/mol. The number of aliphatic carboxylic acids is 1. The highest BCUT2D eigenvalue weighted by atomic mass is 35.5. The number of aliphatic hydroxyl groups excluding tert-OH is 4. The topological polar surface area (TPSA) is 247 Å². The number of hydrogen-bond donors (Lipinski definition) is 10. The normalized spacial score (nSPS) is 28.4. The van der Waals surface area contributed by atoms with E-state index >= 15 is 0 Å². The number of carbonyl (C=O) groups is 4. The second kappa shape index (κ2) is 14.6. The Balaban J connectivity index is 2.42. The summed E-state index contributed by atoms with van der Waals surface area (Å²) in [6, 6.07) is -3.03. The van der Waals surface area contributed by atoms with E-state index in [2.05, 4.69) is 20.8 Å². The van der Waals surface area contributed by atoms with Gasteiger partial charge in [0.1, 0.15) is 42.5 Å². The van der Waals surface area contributed by atoms with E-state index in [1.165, 1.54) is 13.8 Å². The molecule has 10 N–H and O–H groups in total. The summed E-state index contributed by atoms with van der Waals surface area (Å²) in [5.74, 6) is -5.76. The van der Waals surface area contributed by atoms with Crippen LogP contribution in [0.4, 0.5) is 0 Å². The lowest BCUT2D eigenvalue weighted by molar-refractivity contribution is -0.348. The highest BCUT2D eigenvalue weighted by molar-refractivity contribution is 6.15. The molecule has 0 saturated carbocycles. The largest absolute Gasteiger partial charge is 0.480 e. The molecule has 3 amide bonds. The lowest BCUT2D eigenvalue weighted by atomic mass is 9.90. The number of ether oxygens (including phenoxy) is 1. The van der Waals surface area contributed by atoms with Gasteiger partial charge in [-0.25, -0.2) is 4.84 Å². The van der Waals surface area contributed by atoms with Gasteiger partial charge in [0.25, 0.3) is 0 Å². The van der Waals surface area contributed by atoms with Gasteiger partial charge in [-0.2, -0.15) is 0 Å². The smallest absolute Gasteiger partial charge is 0.325 e. The van der Waals surface area contributed by atoms with E-state index in [-0.39, 0.29) is 13.0 Å². The first-order valence-electron chi connectivity index (χ1n) is 11.3. The molecule has 0 spiro atoms. The van der Waals surface area contributed by atoms with Crippen LogP contribution in [0, 0.1) is 0 Å². The van der Waals surface area contributed by atoms with Crippen molar-refractivity contribution in [3.63, 3.8) is 0 Å². The van der Waals surface area contributed by atoms with Crippen LogP contribution in [-0.4, -0.2) is 116 Å². The Morgan fingerprint density at radius 2 is 1.61 bits per heavy atom. The van der Waals surface area contributed by atoms with Gasteiger partial charge in [-0.15, -0.1) is 0 Å². The Morgan fingerprint density at radius 1 is 1.00 bits per heavy atom. The third-order valence-electron chi connectivity index (χ3n) is 5.64. The predicted octanol–water partition coefficient (Wildman–Crippen LogP) is -3.97. The van der Waals surface area contributed by atoms with E-state index in [0.717, 1.165) is 0 Å². The predicted molar refractivity (Wildman–Crippen MR) is 122 cm³/mol. The molecule has 0 aromatic carbocycles. The standard InChI is InChI=1S/C20H35ClN4O11/c1-9(17(31)24-10(2)19(33)34)23-18(32)11(25-21)5-3-4-6-22-13(27)7-20(35)16(30)15(29)14(28)12(8-26)36-20/h9-12,14-16,25-26,28-30,35H,3-8H2,1-2H3,(H,22,27)(H,23,32)(H,24,31)(H,33,34). The maximum absolute atomic E-state index is 12.3. The number of nitrogens with one attached hydrogen (secondary N) is 4. The van der Waals surface area contributed by atoms with Crippen molar-refractivity contribution >= 4 is 35.5 Å². The zero-order valence-corrected chi connectivity index (χ0v) is 20.6. The molecule has 1 fully saturated rings. The van der Waals surface area contributed by atoms with Crippen molar-refractivity contribution in [3.8, 4) is 0 Å². The Labute approximate surface area is 212 Å². The highest BCUT2D eigenvalue weighted by Crippen LogP contribution is 2.30. The van der Waals surface area contributed by atoms with Crippen molar-refractivity contribution in [3.05, 3.63) is 0 Å². The quantitative estimate of drug-likeness (QED) is 0.0745. The van der Waals surface area contributed by atoms with E-state index < -0.39 is 85.0 Å². The van der Waals surface area contributed by atoms with E-state index in [9.17, 15) is 44.7 Å². The molecule has 15 nitrogen and oxygen atoms in total. The molecule has 0 bridgehead atoms. The van der Waals surface area contributed by atoms with Crippen molar-refractivity contribution in [2.75, 3.05) is 13.2 Å². The molecule has 0 aromatic heterocycles. The number of unbranched alkanes of at least 4 members (excludes halogenated alkanes) is 1. The summed E-state index contributed by atoms with van der Waals surface area (Å²) in [5.41, 5.74) is 0. The highest BCUT2D eigenvalue weighted by Gasteiger charge is 2.53. The lowest BCUT2D eigenvalue weighted by Crippen LogP contribution is -2.66. The molecule has 0 aromatic rings. The Morgan fingerprint density at radius 3 is 2.17 bits per heavy atom. The fourth-order valence-electron chi connectivity index (χ4n) is 3.38. The number of amides is 3. The Kier molecular flexibility index (Phi) is 12.9. The SMILES string of the molecule is CC(NC(=O)C(C)NC(=O)C(CCCCNC(=O)CC1(O)OC(CO)C(O)C(O)C1O)NCl)C(=O)O. The van der Waals surface area contributed by atoms with Crippen LogP contribution in [0.3, 0.4) is 0 Å². The first-order valence-corrected chi connectivity index (χ1v) is 11.7. The summed E-state index contributed by atoms with van der Waals surface area (Å²) >= 11 is 5.62. The van der Waals surface area contributed by atoms with Crippen LogP contribution in [0.25, 0.3) is 0 Å². The Hall–Kier alpha value is -2.11. The summed E-state index contributed by atoms with van der Waals surface area (Å²) in [7, 11) is 0. The fourth-order valence-corrected chi connectivity index (χ4v) is 3.58. The van der Waals surface area contributed by atoms with Crippen LogP contribution < -0.4 is 20.8 Å². The average Bonchev–Trinajstić information content (AvgIpc) is 2.82.